The molecule has 0 bridgehead atoms. The molecule has 23 heavy (non-hydrogen) atoms. The normalized spacial score (nSPS) is 13.7. The second-order valence-corrected chi connectivity index (χ2v) is 7.70. The molecule has 0 saturated heterocycles. The van der Waals surface area contributed by atoms with E-state index < -0.39 is 0 Å². The van der Waals surface area contributed by atoms with E-state index in [4.69, 9.17) is 11.6 Å². The number of rotatable bonds is 3. The van der Waals surface area contributed by atoms with Gasteiger partial charge in [-0.25, -0.2) is 4.98 Å². The minimum Gasteiger partial charge on any atom is -0.340 e. The van der Waals surface area contributed by atoms with Gasteiger partial charge in [0.25, 0.3) is 0 Å². The van der Waals surface area contributed by atoms with Gasteiger partial charge in [0.1, 0.15) is 10.6 Å². The standard InChI is InChI=1S/C18H18ClN3S/c1-10(2)11-6-8-12(9-7-11)20-16-15-13-4-3-5-14(13)23-17(15)22-18(19)21-16/h6-10H,3-5H2,1-2H3,(H,20,21,22). The molecule has 0 aliphatic heterocycles. The van der Waals surface area contributed by atoms with Gasteiger partial charge < -0.3 is 5.32 Å². The zero-order chi connectivity index (χ0) is 16.0. The van der Waals surface area contributed by atoms with Crippen molar-refractivity contribution >= 4 is 44.7 Å². The third-order valence-corrected chi connectivity index (χ3v) is 5.73. The molecular formula is C18H18ClN3S. The highest BCUT2D eigenvalue weighted by molar-refractivity contribution is 7.19. The molecule has 0 spiro atoms. The van der Waals surface area contributed by atoms with E-state index in [2.05, 4.69) is 53.4 Å². The van der Waals surface area contributed by atoms with Crippen LogP contribution in [0.1, 0.15) is 42.2 Å². The zero-order valence-corrected chi connectivity index (χ0v) is 14.8. The number of aryl methyl sites for hydroxylation is 2. The Kier molecular flexibility index (Phi) is 3.74. The fourth-order valence-electron chi connectivity index (χ4n) is 3.15. The van der Waals surface area contributed by atoms with E-state index in [1.807, 2.05) is 0 Å². The van der Waals surface area contributed by atoms with Gasteiger partial charge in [0.2, 0.25) is 5.28 Å². The van der Waals surface area contributed by atoms with Crippen molar-refractivity contribution < 1.29 is 0 Å². The molecule has 118 valence electrons. The Balaban J connectivity index is 1.76. The van der Waals surface area contributed by atoms with Crippen molar-refractivity contribution in [2.24, 2.45) is 0 Å². The number of anilines is 2. The van der Waals surface area contributed by atoms with Gasteiger partial charge in [-0.15, -0.1) is 11.3 Å². The Morgan fingerprint density at radius 2 is 1.91 bits per heavy atom. The van der Waals surface area contributed by atoms with Gasteiger partial charge in [0, 0.05) is 10.6 Å². The third kappa shape index (κ3) is 2.70. The van der Waals surface area contributed by atoms with E-state index in [1.54, 1.807) is 11.3 Å². The predicted molar refractivity (Wildman–Crippen MR) is 98.3 cm³/mol. The SMILES string of the molecule is CC(C)c1ccc(Nc2nc(Cl)nc3sc4c(c23)CCC4)cc1. The van der Waals surface area contributed by atoms with Crippen LogP contribution in [-0.2, 0) is 12.8 Å². The molecule has 1 aromatic carbocycles. The number of aromatic nitrogens is 2. The molecular weight excluding hydrogens is 326 g/mol. The second-order valence-electron chi connectivity index (χ2n) is 6.28. The molecule has 5 heteroatoms. The van der Waals surface area contributed by atoms with Gasteiger partial charge in [-0.2, -0.15) is 4.98 Å². The lowest BCUT2D eigenvalue weighted by Crippen LogP contribution is -1.98. The number of halogens is 1. The van der Waals surface area contributed by atoms with Crippen LogP contribution in [0.25, 0.3) is 10.2 Å². The van der Waals surface area contributed by atoms with Crippen LogP contribution in [0.4, 0.5) is 11.5 Å². The zero-order valence-electron chi connectivity index (χ0n) is 13.2. The van der Waals surface area contributed by atoms with Gasteiger partial charge in [0.05, 0.1) is 5.39 Å². The summed E-state index contributed by atoms with van der Waals surface area (Å²) in [6, 6.07) is 8.52. The van der Waals surface area contributed by atoms with E-state index in [-0.39, 0.29) is 0 Å². The van der Waals surface area contributed by atoms with Crippen molar-refractivity contribution in [1.82, 2.24) is 9.97 Å². The first-order chi connectivity index (χ1) is 11.1. The summed E-state index contributed by atoms with van der Waals surface area (Å²) in [4.78, 5) is 11.3. The van der Waals surface area contributed by atoms with Gasteiger partial charge >= 0.3 is 0 Å². The first kappa shape index (κ1) is 14.9. The number of nitrogens with one attached hydrogen (secondary N) is 1. The van der Waals surface area contributed by atoms with E-state index in [1.165, 1.54) is 22.4 Å². The van der Waals surface area contributed by atoms with Crippen LogP contribution in [0.15, 0.2) is 24.3 Å². The van der Waals surface area contributed by atoms with Crippen LogP contribution < -0.4 is 5.32 Å². The second kappa shape index (κ2) is 5.77. The van der Waals surface area contributed by atoms with Crippen LogP contribution in [0, 0.1) is 0 Å². The molecule has 3 aromatic rings. The summed E-state index contributed by atoms with van der Waals surface area (Å²) in [6.45, 7) is 4.40. The first-order valence-corrected chi connectivity index (χ1v) is 9.16. The maximum absolute atomic E-state index is 6.12. The van der Waals surface area contributed by atoms with Gasteiger partial charge in [0.15, 0.2) is 0 Å². The van der Waals surface area contributed by atoms with Crippen molar-refractivity contribution in [3.63, 3.8) is 0 Å². The van der Waals surface area contributed by atoms with Crippen LogP contribution in [-0.4, -0.2) is 9.97 Å². The average molecular weight is 344 g/mol. The maximum atomic E-state index is 6.12. The largest absolute Gasteiger partial charge is 0.340 e. The first-order valence-electron chi connectivity index (χ1n) is 7.96. The summed E-state index contributed by atoms with van der Waals surface area (Å²) >= 11 is 7.88. The Bertz CT molecular complexity index is 868. The molecule has 2 heterocycles. The van der Waals surface area contributed by atoms with Gasteiger partial charge in [-0.1, -0.05) is 26.0 Å². The van der Waals surface area contributed by atoms with Crippen molar-refractivity contribution in [1.29, 1.82) is 0 Å². The molecule has 0 unspecified atom stereocenters. The molecule has 0 amide bonds. The molecule has 4 rings (SSSR count). The Morgan fingerprint density at radius 3 is 2.65 bits per heavy atom. The van der Waals surface area contributed by atoms with E-state index in [9.17, 15) is 0 Å². The lowest BCUT2D eigenvalue weighted by molar-refractivity contribution is 0.867. The number of nitrogens with zero attached hydrogens (tertiary/aromatic N) is 2. The summed E-state index contributed by atoms with van der Waals surface area (Å²) in [6.07, 6.45) is 3.49. The summed E-state index contributed by atoms with van der Waals surface area (Å²) in [5.74, 6) is 1.36. The average Bonchev–Trinajstić information content (AvgIpc) is 3.07. The quantitative estimate of drug-likeness (QED) is 0.620. The molecule has 0 fully saturated rings. The maximum Gasteiger partial charge on any atom is 0.225 e. The summed E-state index contributed by atoms with van der Waals surface area (Å²) < 4.78 is 0. The molecule has 1 aliphatic carbocycles. The van der Waals surface area contributed by atoms with Gasteiger partial charge in [-0.3, -0.25) is 0 Å². The summed E-state index contributed by atoms with van der Waals surface area (Å²) in [5.41, 5.74) is 3.77. The fraction of sp³-hybridized carbons (Fsp3) is 0.333. The number of thiophene rings is 1. The van der Waals surface area contributed by atoms with Crippen LogP contribution >= 0.6 is 22.9 Å². The van der Waals surface area contributed by atoms with Crippen LogP contribution in [0.5, 0.6) is 0 Å². The Morgan fingerprint density at radius 1 is 1.13 bits per heavy atom. The third-order valence-electron chi connectivity index (χ3n) is 4.38. The Hall–Kier alpha value is -1.65. The van der Waals surface area contributed by atoms with Crippen molar-refractivity contribution in [3.8, 4) is 0 Å². The van der Waals surface area contributed by atoms with Gasteiger partial charge in [-0.05, 0) is 60.0 Å². The van der Waals surface area contributed by atoms with Crippen molar-refractivity contribution in [2.75, 3.05) is 5.32 Å². The molecule has 2 aromatic heterocycles. The lowest BCUT2D eigenvalue weighted by atomic mass is 10.0. The smallest absolute Gasteiger partial charge is 0.225 e. The molecule has 0 radical (unpaired) electrons. The minimum absolute atomic E-state index is 0.304. The molecule has 1 N–H and O–H groups in total. The highest BCUT2D eigenvalue weighted by Gasteiger charge is 2.22. The number of fused-ring (bicyclic) bond motifs is 3. The van der Waals surface area contributed by atoms with Crippen LogP contribution in [0.2, 0.25) is 5.28 Å². The molecule has 0 saturated carbocycles. The fourth-order valence-corrected chi connectivity index (χ4v) is 4.63. The summed E-state index contributed by atoms with van der Waals surface area (Å²) in [5, 5.41) is 4.90. The predicted octanol–water partition coefficient (Wildman–Crippen LogP) is 5.70. The Labute approximate surface area is 144 Å². The highest BCUT2D eigenvalue weighted by atomic mass is 35.5. The number of hydrogen-bond donors (Lipinski definition) is 1. The highest BCUT2D eigenvalue weighted by Crippen LogP contribution is 2.40. The topological polar surface area (TPSA) is 37.8 Å². The number of benzene rings is 1. The van der Waals surface area contributed by atoms with E-state index in [0.717, 1.165) is 34.6 Å². The van der Waals surface area contributed by atoms with Crippen molar-refractivity contribution in [2.45, 2.75) is 39.0 Å². The minimum atomic E-state index is 0.304. The molecule has 1 aliphatic rings. The van der Waals surface area contributed by atoms with Crippen molar-refractivity contribution in [3.05, 3.63) is 45.6 Å². The number of hydrogen-bond acceptors (Lipinski definition) is 4. The molecule has 3 nitrogen and oxygen atoms in total. The molecule has 0 atom stereocenters. The monoisotopic (exact) mass is 343 g/mol. The van der Waals surface area contributed by atoms with Crippen LogP contribution in [0.3, 0.4) is 0 Å². The van der Waals surface area contributed by atoms with E-state index in [0.29, 0.717) is 11.2 Å². The summed E-state index contributed by atoms with van der Waals surface area (Å²) in [7, 11) is 0. The lowest BCUT2D eigenvalue weighted by Gasteiger charge is -2.10. The van der Waals surface area contributed by atoms with E-state index >= 15 is 0 Å².